The molecule has 0 saturated carbocycles. The zero-order valence-corrected chi connectivity index (χ0v) is 14.6. The van der Waals surface area contributed by atoms with Crippen LogP contribution in [0.3, 0.4) is 0 Å². The molecular formula is C17H22N2O4S. The summed E-state index contributed by atoms with van der Waals surface area (Å²) in [7, 11) is -3.59. The number of hydrogen-bond donors (Lipinski definition) is 2. The van der Waals surface area contributed by atoms with Crippen LogP contribution in [0.4, 0.5) is 0 Å². The Bertz CT molecular complexity index is 752. The smallest absolute Gasteiger partial charge is 0.287 e. The highest BCUT2D eigenvalue weighted by molar-refractivity contribution is 7.89. The third kappa shape index (κ3) is 4.69. The maximum absolute atomic E-state index is 12.2. The Hall–Kier alpha value is -2.12. The monoisotopic (exact) mass is 350 g/mol. The van der Waals surface area contributed by atoms with Crippen molar-refractivity contribution in [2.75, 3.05) is 13.1 Å². The van der Waals surface area contributed by atoms with E-state index in [9.17, 15) is 13.2 Å². The molecule has 1 aromatic heterocycles. The van der Waals surface area contributed by atoms with Crippen molar-refractivity contribution in [2.24, 2.45) is 0 Å². The van der Waals surface area contributed by atoms with Crippen molar-refractivity contribution in [2.45, 2.75) is 31.1 Å². The number of furan rings is 1. The molecule has 7 heteroatoms. The molecule has 0 fully saturated rings. The summed E-state index contributed by atoms with van der Waals surface area (Å²) in [5, 5.41) is 2.58. The van der Waals surface area contributed by atoms with Gasteiger partial charge in [0, 0.05) is 13.1 Å². The molecule has 0 bridgehead atoms. The fourth-order valence-electron chi connectivity index (χ4n) is 2.15. The average Bonchev–Trinajstić information content (AvgIpc) is 3.12. The molecule has 0 spiro atoms. The van der Waals surface area contributed by atoms with E-state index in [1.54, 1.807) is 24.3 Å². The molecule has 2 aromatic rings. The zero-order chi connectivity index (χ0) is 17.6. The van der Waals surface area contributed by atoms with E-state index in [0.717, 1.165) is 12.0 Å². The molecule has 0 aliphatic carbocycles. The van der Waals surface area contributed by atoms with Crippen molar-refractivity contribution < 1.29 is 17.6 Å². The maximum atomic E-state index is 12.2. The molecule has 1 heterocycles. The molecular weight excluding hydrogens is 328 g/mol. The van der Waals surface area contributed by atoms with Crippen LogP contribution < -0.4 is 10.0 Å². The van der Waals surface area contributed by atoms with E-state index in [0.29, 0.717) is 5.92 Å². The van der Waals surface area contributed by atoms with Crippen LogP contribution in [-0.4, -0.2) is 27.4 Å². The molecule has 24 heavy (non-hydrogen) atoms. The molecule has 2 rings (SSSR count). The largest absolute Gasteiger partial charge is 0.459 e. The lowest BCUT2D eigenvalue weighted by molar-refractivity contribution is 0.0926. The summed E-state index contributed by atoms with van der Waals surface area (Å²) >= 11 is 0. The Balaban J connectivity index is 1.86. The van der Waals surface area contributed by atoms with Gasteiger partial charge in [0.25, 0.3) is 5.91 Å². The van der Waals surface area contributed by atoms with E-state index >= 15 is 0 Å². The predicted octanol–water partition coefficient (Wildman–Crippen LogP) is 2.50. The van der Waals surface area contributed by atoms with Crippen LogP contribution in [0.25, 0.3) is 0 Å². The van der Waals surface area contributed by atoms with Crippen molar-refractivity contribution in [3.63, 3.8) is 0 Å². The highest BCUT2D eigenvalue weighted by Gasteiger charge is 2.14. The van der Waals surface area contributed by atoms with E-state index in [2.05, 4.69) is 23.9 Å². The van der Waals surface area contributed by atoms with Crippen molar-refractivity contribution in [1.82, 2.24) is 10.0 Å². The summed E-state index contributed by atoms with van der Waals surface area (Å²) in [5.74, 6) is 0.210. The normalized spacial score (nSPS) is 12.8. The minimum atomic E-state index is -3.59. The lowest BCUT2D eigenvalue weighted by Crippen LogP contribution is -2.34. The van der Waals surface area contributed by atoms with Crippen LogP contribution in [0.15, 0.2) is 52.0 Å². The number of carbonyl (C=O) groups is 1. The molecule has 1 amide bonds. The van der Waals surface area contributed by atoms with Crippen LogP contribution in [0.5, 0.6) is 0 Å². The first-order chi connectivity index (χ1) is 11.4. The predicted molar refractivity (Wildman–Crippen MR) is 91.4 cm³/mol. The van der Waals surface area contributed by atoms with Gasteiger partial charge in [-0.25, -0.2) is 13.1 Å². The second-order valence-electron chi connectivity index (χ2n) is 5.51. The molecule has 1 aromatic carbocycles. The van der Waals surface area contributed by atoms with Crippen LogP contribution in [0.2, 0.25) is 0 Å². The molecule has 1 atom stereocenters. The Kier molecular flexibility index (Phi) is 6.16. The zero-order valence-electron chi connectivity index (χ0n) is 13.8. The van der Waals surface area contributed by atoms with E-state index in [-0.39, 0.29) is 29.7 Å². The summed E-state index contributed by atoms with van der Waals surface area (Å²) < 4.78 is 31.8. The molecule has 6 nitrogen and oxygen atoms in total. The highest BCUT2D eigenvalue weighted by Crippen LogP contribution is 2.20. The molecule has 1 unspecified atom stereocenters. The van der Waals surface area contributed by atoms with Crippen molar-refractivity contribution in [3.8, 4) is 0 Å². The van der Waals surface area contributed by atoms with Crippen LogP contribution in [-0.2, 0) is 10.0 Å². The van der Waals surface area contributed by atoms with Gasteiger partial charge in [-0.1, -0.05) is 26.0 Å². The first-order valence-electron chi connectivity index (χ1n) is 7.85. The molecule has 0 aliphatic heterocycles. The van der Waals surface area contributed by atoms with Gasteiger partial charge in [0.1, 0.15) is 0 Å². The summed E-state index contributed by atoms with van der Waals surface area (Å²) in [6, 6.07) is 10.0. The third-order valence-corrected chi connectivity index (χ3v) is 5.30. The number of benzene rings is 1. The molecule has 130 valence electrons. The number of hydrogen-bond acceptors (Lipinski definition) is 4. The Morgan fingerprint density at radius 1 is 1.17 bits per heavy atom. The minimum absolute atomic E-state index is 0.0991. The maximum Gasteiger partial charge on any atom is 0.287 e. The van der Waals surface area contributed by atoms with Gasteiger partial charge in [-0.2, -0.15) is 0 Å². The average molecular weight is 350 g/mol. The highest BCUT2D eigenvalue weighted by atomic mass is 32.2. The third-order valence-electron chi connectivity index (χ3n) is 3.82. The number of amides is 1. The van der Waals surface area contributed by atoms with Gasteiger partial charge in [-0.15, -0.1) is 0 Å². The first-order valence-corrected chi connectivity index (χ1v) is 9.33. The fraction of sp³-hybridized carbons (Fsp3) is 0.353. The van der Waals surface area contributed by atoms with Gasteiger partial charge in [-0.05, 0) is 42.2 Å². The second kappa shape index (κ2) is 8.12. The summed E-state index contributed by atoms with van der Waals surface area (Å²) in [6.07, 6.45) is 2.40. The van der Waals surface area contributed by atoms with Crippen molar-refractivity contribution in [1.29, 1.82) is 0 Å². The summed E-state index contributed by atoms with van der Waals surface area (Å²) in [6.45, 7) is 4.46. The molecule has 2 N–H and O–H groups in total. The number of rotatable bonds is 8. The van der Waals surface area contributed by atoms with Crippen molar-refractivity contribution in [3.05, 3.63) is 54.0 Å². The number of nitrogens with one attached hydrogen (secondary N) is 2. The molecule has 0 saturated heterocycles. The van der Waals surface area contributed by atoms with Gasteiger partial charge in [0.2, 0.25) is 10.0 Å². The van der Waals surface area contributed by atoms with Gasteiger partial charge < -0.3 is 9.73 Å². The molecule has 0 aliphatic rings. The van der Waals surface area contributed by atoms with E-state index in [1.807, 2.05) is 12.1 Å². The summed E-state index contributed by atoms with van der Waals surface area (Å²) in [4.78, 5) is 11.9. The Labute approximate surface area is 142 Å². The van der Waals surface area contributed by atoms with E-state index < -0.39 is 10.0 Å². The van der Waals surface area contributed by atoms with Gasteiger partial charge in [-0.3, -0.25) is 4.79 Å². The number of carbonyl (C=O) groups excluding carboxylic acids is 1. The minimum Gasteiger partial charge on any atom is -0.459 e. The van der Waals surface area contributed by atoms with E-state index in [1.165, 1.54) is 6.26 Å². The Morgan fingerprint density at radius 3 is 2.46 bits per heavy atom. The first kappa shape index (κ1) is 18.2. The van der Waals surface area contributed by atoms with Gasteiger partial charge in [0.05, 0.1) is 11.2 Å². The van der Waals surface area contributed by atoms with E-state index in [4.69, 9.17) is 4.42 Å². The van der Waals surface area contributed by atoms with Crippen LogP contribution in [0.1, 0.15) is 42.3 Å². The number of sulfonamides is 1. The van der Waals surface area contributed by atoms with Crippen LogP contribution in [0, 0.1) is 0 Å². The van der Waals surface area contributed by atoms with Crippen LogP contribution >= 0.6 is 0 Å². The Morgan fingerprint density at radius 2 is 1.88 bits per heavy atom. The standard InChI is InChI=1S/C17H22N2O4S/c1-3-13(2)14-6-8-15(9-7-14)24(21,22)19-11-10-18-17(20)16-5-4-12-23-16/h4-9,12-13,19H,3,10-11H2,1-2H3,(H,18,20). The fourth-order valence-corrected chi connectivity index (χ4v) is 3.18. The SMILES string of the molecule is CCC(C)c1ccc(S(=O)(=O)NCCNC(=O)c2ccco2)cc1. The van der Waals surface area contributed by atoms with Gasteiger partial charge >= 0.3 is 0 Å². The molecule has 0 radical (unpaired) electrons. The lowest BCUT2D eigenvalue weighted by atomic mass is 9.99. The lowest BCUT2D eigenvalue weighted by Gasteiger charge is -2.11. The quantitative estimate of drug-likeness (QED) is 0.716. The van der Waals surface area contributed by atoms with Crippen molar-refractivity contribution >= 4 is 15.9 Å². The second-order valence-corrected chi connectivity index (χ2v) is 7.28. The van der Waals surface area contributed by atoms with Gasteiger partial charge in [0.15, 0.2) is 5.76 Å². The summed E-state index contributed by atoms with van der Waals surface area (Å²) in [5.41, 5.74) is 1.11. The topological polar surface area (TPSA) is 88.4 Å².